The van der Waals surface area contributed by atoms with E-state index >= 15 is 0 Å². The molecule has 0 saturated carbocycles. The van der Waals surface area contributed by atoms with Crippen molar-refractivity contribution in [2.24, 2.45) is 0 Å². The molecule has 2 aromatic rings. The lowest BCUT2D eigenvalue weighted by Crippen LogP contribution is -2.20. The van der Waals surface area contributed by atoms with Crippen LogP contribution >= 0.6 is 11.6 Å². The van der Waals surface area contributed by atoms with Crippen LogP contribution in [0, 0.1) is 0 Å². The van der Waals surface area contributed by atoms with Gasteiger partial charge < -0.3 is 14.8 Å². The lowest BCUT2D eigenvalue weighted by Gasteiger charge is -2.10. The van der Waals surface area contributed by atoms with E-state index in [2.05, 4.69) is 12.2 Å². The highest BCUT2D eigenvalue weighted by molar-refractivity contribution is 6.33. The normalized spacial score (nSPS) is 10.4. The minimum absolute atomic E-state index is 0.0916. The summed E-state index contributed by atoms with van der Waals surface area (Å²) in [6.07, 6.45) is 6.00. The van der Waals surface area contributed by atoms with Crippen LogP contribution in [0.2, 0.25) is 5.02 Å². The van der Waals surface area contributed by atoms with Crippen LogP contribution in [0.3, 0.4) is 0 Å². The number of amides is 1. The second-order valence-corrected chi connectivity index (χ2v) is 6.46. The van der Waals surface area contributed by atoms with Crippen molar-refractivity contribution in [3.05, 3.63) is 53.6 Å². The first kappa shape index (κ1) is 20.1. The molecule has 0 aliphatic heterocycles. The van der Waals surface area contributed by atoms with Crippen LogP contribution in [0.5, 0.6) is 11.5 Å². The van der Waals surface area contributed by atoms with E-state index in [0.29, 0.717) is 23.1 Å². The summed E-state index contributed by atoms with van der Waals surface area (Å²) in [4.78, 5) is 12.0. The highest BCUT2D eigenvalue weighted by atomic mass is 35.5. The van der Waals surface area contributed by atoms with Crippen molar-refractivity contribution in [2.75, 3.05) is 18.5 Å². The topological polar surface area (TPSA) is 47.6 Å². The molecule has 0 radical (unpaired) electrons. The number of halogens is 1. The van der Waals surface area contributed by atoms with Crippen LogP contribution in [0.1, 0.15) is 39.0 Å². The Balaban J connectivity index is 1.74. The first-order chi connectivity index (χ1) is 12.7. The molecular weight excluding hydrogens is 350 g/mol. The maximum absolute atomic E-state index is 12.0. The van der Waals surface area contributed by atoms with E-state index in [1.54, 1.807) is 24.3 Å². The molecule has 0 fully saturated rings. The van der Waals surface area contributed by atoms with Gasteiger partial charge in [-0.25, -0.2) is 0 Å². The van der Waals surface area contributed by atoms with E-state index in [4.69, 9.17) is 21.1 Å². The van der Waals surface area contributed by atoms with Gasteiger partial charge in [0.05, 0.1) is 17.3 Å². The molecule has 26 heavy (non-hydrogen) atoms. The molecule has 0 heterocycles. The van der Waals surface area contributed by atoms with Crippen LogP contribution in [-0.2, 0) is 4.79 Å². The molecule has 2 aromatic carbocycles. The molecule has 0 unspecified atom stereocenters. The van der Waals surface area contributed by atoms with E-state index in [1.165, 1.54) is 25.7 Å². The van der Waals surface area contributed by atoms with E-state index in [-0.39, 0.29) is 12.5 Å². The molecule has 0 bridgehead atoms. The standard InChI is InChI=1S/C21H26ClNO3/c1-2-3-4-5-8-14-25-17-10-9-11-18(15-17)26-16-21(24)23-20-13-7-6-12-19(20)22/h6-7,9-13,15H,2-5,8,14,16H2,1H3,(H,23,24). The maximum Gasteiger partial charge on any atom is 0.262 e. The van der Waals surface area contributed by atoms with Crippen molar-refractivity contribution in [3.63, 3.8) is 0 Å². The molecule has 140 valence electrons. The minimum Gasteiger partial charge on any atom is -0.493 e. The quantitative estimate of drug-likeness (QED) is 0.512. The molecule has 0 aliphatic rings. The molecule has 1 N–H and O–H groups in total. The summed E-state index contributed by atoms with van der Waals surface area (Å²) in [5.74, 6) is 1.09. The Labute approximate surface area is 160 Å². The SMILES string of the molecule is CCCCCCCOc1cccc(OCC(=O)Nc2ccccc2Cl)c1. The number of benzene rings is 2. The molecule has 0 aliphatic carbocycles. The Morgan fingerprint density at radius 2 is 1.69 bits per heavy atom. The van der Waals surface area contributed by atoms with Gasteiger partial charge in [-0.2, -0.15) is 0 Å². The zero-order valence-electron chi connectivity index (χ0n) is 15.2. The average Bonchev–Trinajstić information content (AvgIpc) is 2.65. The smallest absolute Gasteiger partial charge is 0.262 e. The molecule has 0 atom stereocenters. The fraction of sp³-hybridized carbons (Fsp3) is 0.381. The molecule has 0 aromatic heterocycles. The van der Waals surface area contributed by atoms with Gasteiger partial charge in [0.25, 0.3) is 5.91 Å². The lowest BCUT2D eigenvalue weighted by atomic mass is 10.2. The molecule has 1 amide bonds. The van der Waals surface area contributed by atoms with Crippen LogP contribution in [-0.4, -0.2) is 19.1 Å². The zero-order valence-corrected chi connectivity index (χ0v) is 15.9. The van der Waals surface area contributed by atoms with Crippen molar-refractivity contribution < 1.29 is 14.3 Å². The second kappa shape index (κ2) is 11.4. The summed E-state index contributed by atoms with van der Waals surface area (Å²) in [6, 6.07) is 14.4. The van der Waals surface area contributed by atoms with Crippen LogP contribution in [0.15, 0.2) is 48.5 Å². The third-order valence-corrected chi connectivity index (χ3v) is 4.17. The van der Waals surface area contributed by atoms with Gasteiger partial charge in [0.15, 0.2) is 6.61 Å². The summed E-state index contributed by atoms with van der Waals surface area (Å²) < 4.78 is 11.3. The Kier molecular flexibility index (Phi) is 8.84. The summed E-state index contributed by atoms with van der Waals surface area (Å²) in [5, 5.41) is 3.22. The summed E-state index contributed by atoms with van der Waals surface area (Å²) in [6.45, 7) is 2.81. The number of unbranched alkanes of at least 4 members (excludes halogenated alkanes) is 4. The van der Waals surface area contributed by atoms with Gasteiger partial charge in [0.2, 0.25) is 0 Å². The molecule has 0 saturated heterocycles. The first-order valence-corrected chi connectivity index (χ1v) is 9.47. The lowest BCUT2D eigenvalue weighted by molar-refractivity contribution is -0.118. The Morgan fingerprint density at radius 3 is 2.46 bits per heavy atom. The van der Waals surface area contributed by atoms with Crippen LogP contribution < -0.4 is 14.8 Å². The first-order valence-electron chi connectivity index (χ1n) is 9.09. The zero-order chi connectivity index (χ0) is 18.6. The molecule has 2 rings (SSSR count). The monoisotopic (exact) mass is 375 g/mol. The number of anilines is 1. The summed E-state index contributed by atoms with van der Waals surface area (Å²) in [5.41, 5.74) is 0.572. The average molecular weight is 376 g/mol. The third-order valence-electron chi connectivity index (χ3n) is 3.84. The van der Waals surface area contributed by atoms with Gasteiger partial charge in [-0.15, -0.1) is 0 Å². The number of hydrogen-bond donors (Lipinski definition) is 1. The van der Waals surface area contributed by atoms with Gasteiger partial charge in [0, 0.05) is 6.07 Å². The van der Waals surface area contributed by atoms with Gasteiger partial charge in [-0.1, -0.05) is 62.4 Å². The van der Waals surface area contributed by atoms with Gasteiger partial charge >= 0.3 is 0 Å². The Hall–Kier alpha value is -2.20. The van der Waals surface area contributed by atoms with E-state index in [0.717, 1.165) is 12.2 Å². The number of rotatable bonds is 11. The van der Waals surface area contributed by atoms with Crippen molar-refractivity contribution >= 4 is 23.2 Å². The Morgan fingerprint density at radius 1 is 0.962 bits per heavy atom. The van der Waals surface area contributed by atoms with Crippen molar-refractivity contribution in [1.82, 2.24) is 0 Å². The second-order valence-electron chi connectivity index (χ2n) is 6.05. The van der Waals surface area contributed by atoms with Gasteiger partial charge in [-0.05, 0) is 30.7 Å². The highest BCUT2D eigenvalue weighted by Crippen LogP contribution is 2.21. The van der Waals surface area contributed by atoms with Crippen LogP contribution in [0.25, 0.3) is 0 Å². The van der Waals surface area contributed by atoms with Crippen LogP contribution in [0.4, 0.5) is 5.69 Å². The number of carbonyl (C=O) groups excluding carboxylic acids is 1. The molecular formula is C21H26ClNO3. The molecule has 4 nitrogen and oxygen atoms in total. The van der Waals surface area contributed by atoms with Crippen molar-refractivity contribution in [2.45, 2.75) is 39.0 Å². The number of ether oxygens (including phenoxy) is 2. The largest absolute Gasteiger partial charge is 0.493 e. The maximum atomic E-state index is 12.0. The molecule has 0 spiro atoms. The van der Waals surface area contributed by atoms with Gasteiger partial charge in [0.1, 0.15) is 11.5 Å². The Bertz CT molecular complexity index is 690. The number of hydrogen-bond acceptors (Lipinski definition) is 3. The van der Waals surface area contributed by atoms with Crippen molar-refractivity contribution in [1.29, 1.82) is 0 Å². The fourth-order valence-electron chi connectivity index (χ4n) is 2.45. The summed E-state index contributed by atoms with van der Waals surface area (Å²) >= 11 is 6.02. The minimum atomic E-state index is -0.264. The molecule has 5 heteroatoms. The summed E-state index contributed by atoms with van der Waals surface area (Å²) in [7, 11) is 0. The van der Waals surface area contributed by atoms with E-state index < -0.39 is 0 Å². The van der Waals surface area contributed by atoms with E-state index in [9.17, 15) is 4.79 Å². The fourth-order valence-corrected chi connectivity index (χ4v) is 2.63. The predicted molar refractivity (Wildman–Crippen MR) is 106 cm³/mol. The number of carbonyl (C=O) groups is 1. The van der Waals surface area contributed by atoms with Gasteiger partial charge in [-0.3, -0.25) is 4.79 Å². The van der Waals surface area contributed by atoms with E-state index in [1.807, 2.05) is 24.3 Å². The predicted octanol–water partition coefficient (Wildman–Crippen LogP) is 5.71. The number of para-hydroxylation sites is 1. The highest BCUT2D eigenvalue weighted by Gasteiger charge is 2.07. The van der Waals surface area contributed by atoms with Crippen molar-refractivity contribution in [3.8, 4) is 11.5 Å². The third kappa shape index (κ3) is 7.36. The number of nitrogens with one attached hydrogen (secondary N) is 1.